The Labute approximate surface area is 182 Å². The molecule has 1 amide bonds. The first-order valence-corrected chi connectivity index (χ1v) is 10.5. The fourth-order valence-corrected chi connectivity index (χ4v) is 3.16. The maximum Gasteiger partial charge on any atom is 0.275 e. The fraction of sp³-hybridized carbons (Fsp3) is 0.429. The van der Waals surface area contributed by atoms with Crippen molar-refractivity contribution in [2.75, 3.05) is 13.1 Å². The number of carbonyl (C=O) groups excluding carboxylic acids is 1. The lowest BCUT2D eigenvalue weighted by Gasteiger charge is -2.17. The minimum atomic E-state index is -0.277. The quantitative estimate of drug-likeness (QED) is 0.468. The molecule has 1 aromatic carbocycles. The van der Waals surface area contributed by atoms with E-state index in [1.165, 1.54) is 6.20 Å². The van der Waals surface area contributed by atoms with E-state index in [9.17, 15) is 4.79 Å². The number of allylic oxidation sites excluding steroid dienone is 1. The molecule has 0 aliphatic carbocycles. The van der Waals surface area contributed by atoms with Gasteiger partial charge in [-0.2, -0.15) is 0 Å². The van der Waals surface area contributed by atoms with E-state index in [2.05, 4.69) is 20.9 Å². The topological polar surface area (TPSA) is 91.5 Å². The molecule has 0 spiro atoms. The fourth-order valence-electron chi connectivity index (χ4n) is 2.84. The molecule has 29 heavy (non-hydrogen) atoms. The summed E-state index contributed by atoms with van der Waals surface area (Å²) in [6, 6.07) is 5.53. The van der Waals surface area contributed by atoms with Crippen molar-refractivity contribution in [1.82, 2.24) is 16.0 Å². The van der Waals surface area contributed by atoms with Gasteiger partial charge in [-0.15, -0.1) is 0 Å². The molecule has 0 radical (unpaired) electrons. The number of rotatable bonds is 8. The minimum absolute atomic E-state index is 0.0783. The van der Waals surface area contributed by atoms with Crippen LogP contribution in [-0.2, 0) is 11.3 Å². The predicted molar refractivity (Wildman–Crippen MR) is 121 cm³/mol. The molecule has 8 heteroatoms. The van der Waals surface area contributed by atoms with Gasteiger partial charge in [0.25, 0.3) is 5.91 Å². The Kier molecular flexibility index (Phi) is 9.01. The SMILES string of the molecule is CC/C(C)=C(/NCc1ccc(Cl)c(Cl)c1)NC(=O)C(=NC1CCNC1)C(C)=CN. The van der Waals surface area contributed by atoms with Gasteiger partial charge in [0, 0.05) is 13.1 Å². The van der Waals surface area contributed by atoms with Crippen LogP contribution in [0.15, 0.2) is 46.4 Å². The Morgan fingerprint density at radius 1 is 1.34 bits per heavy atom. The molecule has 1 saturated heterocycles. The normalized spacial score (nSPS) is 18.4. The van der Waals surface area contributed by atoms with E-state index < -0.39 is 0 Å². The van der Waals surface area contributed by atoms with Crippen LogP contribution >= 0.6 is 23.2 Å². The van der Waals surface area contributed by atoms with Crippen molar-refractivity contribution in [2.24, 2.45) is 10.7 Å². The number of nitrogens with zero attached hydrogens (tertiary/aromatic N) is 1. The Bertz CT molecular complexity index is 826. The number of benzene rings is 1. The second-order valence-corrected chi connectivity index (χ2v) is 7.85. The van der Waals surface area contributed by atoms with Crippen molar-refractivity contribution in [3.8, 4) is 0 Å². The number of carbonyl (C=O) groups is 1. The number of nitrogens with two attached hydrogens (primary N) is 1. The van der Waals surface area contributed by atoms with Crippen LogP contribution in [0, 0.1) is 0 Å². The van der Waals surface area contributed by atoms with Gasteiger partial charge in [0.05, 0.1) is 16.1 Å². The summed E-state index contributed by atoms with van der Waals surface area (Å²) >= 11 is 12.1. The summed E-state index contributed by atoms with van der Waals surface area (Å²) in [5, 5.41) is 10.5. The molecule has 1 aliphatic heterocycles. The molecule has 1 aromatic rings. The second-order valence-electron chi connectivity index (χ2n) is 7.04. The summed E-state index contributed by atoms with van der Waals surface area (Å²) in [7, 11) is 0. The molecule has 2 rings (SSSR count). The van der Waals surface area contributed by atoms with Gasteiger partial charge in [0.2, 0.25) is 0 Å². The molecule has 0 aromatic heterocycles. The summed E-state index contributed by atoms with van der Waals surface area (Å²) in [4.78, 5) is 17.6. The summed E-state index contributed by atoms with van der Waals surface area (Å²) in [5.41, 5.74) is 8.66. The van der Waals surface area contributed by atoms with Gasteiger partial charge >= 0.3 is 0 Å². The molecule has 1 unspecified atom stereocenters. The Morgan fingerprint density at radius 3 is 2.69 bits per heavy atom. The third kappa shape index (κ3) is 6.77. The average Bonchev–Trinajstić information content (AvgIpc) is 3.23. The molecule has 0 bridgehead atoms. The third-order valence-electron chi connectivity index (χ3n) is 4.83. The molecule has 6 nitrogen and oxygen atoms in total. The number of hydrogen-bond acceptors (Lipinski definition) is 5. The van der Waals surface area contributed by atoms with E-state index in [1.807, 2.05) is 19.9 Å². The van der Waals surface area contributed by atoms with Gasteiger partial charge in [-0.1, -0.05) is 36.2 Å². The summed E-state index contributed by atoms with van der Waals surface area (Å²) in [5.74, 6) is 0.381. The second kappa shape index (κ2) is 11.2. The van der Waals surface area contributed by atoms with Crippen molar-refractivity contribution in [3.63, 3.8) is 0 Å². The van der Waals surface area contributed by atoms with E-state index in [1.54, 1.807) is 19.1 Å². The standard InChI is InChI=1S/C21H29Cl2N5O/c1-4-13(2)20(26-11-15-5-6-17(22)18(23)9-15)28-21(29)19(14(3)10-24)27-16-7-8-25-12-16/h5-6,9-10,16,25-26H,4,7-8,11-12,24H2,1-3H3,(H,28,29)/b14-10?,20-13-,27-19?. The lowest BCUT2D eigenvalue weighted by molar-refractivity contribution is -0.114. The van der Waals surface area contributed by atoms with Crippen LogP contribution in [0.3, 0.4) is 0 Å². The molecule has 1 atom stereocenters. The highest BCUT2D eigenvalue weighted by Crippen LogP contribution is 2.22. The first-order valence-electron chi connectivity index (χ1n) is 9.72. The van der Waals surface area contributed by atoms with Gasteiger partial charge in [-0.25, -0.2) is 0 Å². The zero-order valence-corrected chi connectivity index (χ0v) is 18.6. The van der Waals surface area contributed by atoms with E-state index in [0.717, 1.165) is 37.1 Å². The Morgan fingerprint density at radius 2 is 2.10 bits per heavy atom. The number of halogens is 2. The van der Waals surface area contributed by atoms with Gasteiger partial charge in [-0.3, -0.25) is 9.79 Å². The molecular weight excluding hydrogens is 409 g/mol. The summed E-state index contributed by atoms with van der Waals surface area (Å²) in [6.45, 7) is 7.96. The highest BCUT2D eigenvalue weighted by atomic mass is 35.5. The number of hydrogen-bond donors (Lipinski definition) is 4. The van der Waals surface area contributed by atoms with Crippen molar-refractivity contribution >= 4 is 34.8 Å². The van der Waals surface area contributed by atoms with Crippen molar-refractivity contribution in [1.29, 1.82) is 0 Å². The number of nitrogens with one attached hydrogen (secondary N) is 3. The smallest absolute Gasteiger partial charge is 0.275 e. The maximum absolute atomic E-state index is 13.0. The molecule has 158 valence electrons. The van der Waals surface area contributed by atoms with Gasteiger partial charge in [0.15, 0.2) is 0 Å². The third-order valence-corrected chi connectivity index (χ3v) is 5.57. The lowest BCUT2D eigenvalue weighted by atomic mass is 10.1. The van der Waals surface area contributed by atoms with Gasteiger partial charge in [0.1, 0.15) is 11.5 Å². The predicted octanol–water partition coefficient (Wildman–Crippen LogP) is 3.51. The molecule has 1 aliphatic rings. The van der Waals surface area contributed by atoms with E-state index >= 15 is 0 Å². The monoisotopic (exact) mass is 437 g/mol. The van der Waals surface area contributed by atoms with E-state index in [4.69, 9.17) is 28.9 Å². The van der Waals surface area contributed by atoms with Crippen molar-refractivity contribution < 1.29 is 4.79 Å². The van der Waals surface area contributed by atoms with E-state index in [-0.39, 0.29) is 11.9 Å². The van der Waals surface area contributed by atoms with Crippen LogP contribution in [0.2, 0.25) is 10.0 Å². The van der Waals surface area contributed by atoms with Crippen LogP contribution in [0.4, 0.5) is 0 Å². The summed E-state index contributed by atoms with van der Waals surface area (Å²) < 4.78 is 0. The minimum Gasteiger partial charge on any atom is -0.404 e. The molecule has 1 fully saturated rings. The Hall–Kier alpha value is -2.02. The molecule has 0 saturated carbocycles. The molecule has 1 heterocycles. The first-order chi connectivity index (χ1) is 13.8. The van der Waals surface area contributed by atoms with Gasteiger partial charge < -0.3 is 21.7 Å². The van der Waals surface area contributed by atoms with Crippen LogP contribution < -0.4 is 21.7 Å². The Balaban J connectivity index is 2.17. The zero-order chi connectivity index (χ0) is 21.4. The highest BCUT2D eigenvalue weighted by molar-refractivity contribution is 6.45. The number of aliphatic imine (C=N–C) groups is 1. The van der Waals surface area contributed by atoms with Crippen LogP contribution in [-0.4, -0.2) is 30.8 Å². The van der Waals surface area contributed by atoms with Crippen LogP contribution in [0.25, 0.3) is 0 Å². The van der Waals surface area contributed by atoms with Crippen molar-refractivity contribution in [2.45, 2.75) is 46.2 Å². The van der Waals surface area contributed by atoms with E-state index in [0.29, 0.717) is 33.7 Å². The first kappa shape index (κ1) is 23.3. The molecule has 5 N–H and O–H groups in total. The zero-order valence-electron chi connectivity index (χ0n) is 17.1. The molecular formula is C21H29Cl2N5O. The average molecular weight is 438 g/mol. The van der Waals surface area contributed by atoms with Crippen molar-refractivity contribution in [3.05, 3.63) is 57.0 Å². The van der Waals surface area contributed by atoms with Crippen LogP contribution in [0.5, 0.6) is 0 Å². The highest BCUT2D eigenvalue weighted by Gasteiger charge is 2.20. The summed E-state index contributed by atoms with van der Waals surface area (Å²) in [6.07, 6.45) is 3.11. The maximum atomic E-state index is 13.0. The largest absolute Gasteiger partial charge is 0.404 e. The lowest BCUT2D eigenvalue weighted by Crippen LogP contribution is -2.38. The number of amides is 1. The van der Waals surface area contributed by atoms with Gasteiger partial charge in [-0.05, 0) is 68.3 Å². The van der Waals surface area contributed by atoms with Crippen LogP contribution in [0.1, 0.15) is 39.2 Å².